The summed E-state index contributed by atoms with van der Waals surface area (Å²) in [6, 6.07) is 3.87. The van der Waals surface area contributed by atoms with Gasteiger partial charge in [-0.2, -0.15) is 0 Å². The molecule has 0 radical (unpaired) electrons. The van der Waals surface area contributed by atoms with Crippen molar-refractivity contribution in [2.45, 2.75) is 44.1 Å². The van der Waals surface area contributed by atoms with Gasteiger partial charge < -0.3 is 0 Å². The second-order valence-electron chi connectivity index (χ2n) is 5.80. The van der Waals surface area contributed by atoms with Gasteiger partial charge in [0.05, 0.1) is 0 Å². The molecule has 23 heavy (non-hydrogen) atoms. The van der Waals surface area contributed by atoms with Gasteiger partial charge in [-0.15, -0.1) is 0 Å². The molecule has 10 heteroatoms. The second kappa shape index (κ2) is 6.08. The number of hydrogen-bond donors (Lipinski definition) is 2. The van der Waals surface area contributed by atoms with Crippen LogP contribution >= 0.6 is 7.82 Å². The first-order chi connectivity index (χ1) is 10.7. The molecule has 0 bridgehead atoms. The van der Waals surface area contributed by atoms with E-state index in [0.717, 1.165) is 4.44 Å². The van der Waals surface area contributed by atoms with E-state index in [1.807, 2.05) is 4.94 Å². The first-order valence-electron chi connectivity index (χ1n) is 6.88. The maximum absolute atomic E-state index is 10.9. The Labute approximate surface area is 138 Å². The Kier molecular flexibility index (Phi) is 4.58. The fourth-order valence-electron chi connectivity index (χ4n) is 2.78. The Morgan fingerprint density at radius 1 is 1.43 bits per heavy atom. The Balaban J connectivity index is 1.81. The molecule has 2 fully saturated rings. The average molecular weight is 408 g/mol. The Hall–Kier alpha value is -0.521. The van der Waals surface area contributed by atoms with Crippen molar-refractivity contribution >= 4 is 22.3 Å². The number of nitrogens with zero attached hydrogens (tertiary/aromatic N) is 1. The molecule has 2 aliphatic heterocycles. The van der Waals surface area contributed by atoms with Crippen molar-refractivity contribution < 1.29 is 33.1 Å². The third kappa shape index (κ3) is 3.77. The normalized spacial score (nSPS) is 32.7. The summed E-state index contributed by atoms with van der Waals surface area (Å²) in [6.45, 7) is 3.26. The molecule has 2 aliphatic rings. The molecule has 0 spiro atoms. The van der Waals surface area contributed by atoms with Crippen LogP contribution in [-0.4, -0.2) is 55.0 Å². The zero-order valence-electron chi connectivity index (χ0n) is 12.4. The summed E-state index contributed by atoms with van der Waals surface area (Å²) < 4.78 is 34.0. The van der Waals surface area contributed by atoms with E-state index in [4.69, 9.17) is 29.3 Å². The molecule has 0 aliphatic carbocycles. The Morgan fingerprint density at radius 3 is 2.74 bits per heavy atom. The second-order valence-corrected chi connectivity index (χ2v) is 9.01. The van der Waals surface area contributed by atoms with Crippen LogP contribution in [0, 0.1) is 11.3 Å². The summed E-state index contributed by atoms with van der Waals surface area (Å²) in [7, 11) is -4.59. The third-order valence-electron chi connectivity index (χ3n) is 3.59. The van der Waals surface area contributed by atoms with Crippen molar-refractivity contribution in [2.24, 2.45) is 0 Å². The molecule has 3 heterocycles. The van der Waals surface area contributed by atoms with E-state index in [2.05, 4.69) is 10.6 Å². The zero-order valence-corrected chi connectivity index (χ0v) is 15.0. The van der Waals surface area contributed by atoms with Gasteiger partial charge in [-0.1, -0.05) is 0 Å². The van der Waals surface area contributed by atoms with Crippen LogP contribution in [0.1, 0.15) is 30.0 Å². The maximum atomic E-state index is 10.9. The predicted octanol–water partition coefficient (Wildman–Crippen LogP) is 0.685. The quantitative estimate of drug-likeness (QED) is 0.552. The molecular formula is C13H16NO7PSe. The van der Waals surface area contributed by atoms with E-state index in [1.165, 1.54) is 0 Å². The van der Waals surface area contributed by atoms with Gasteiger partial charge in [-0.25, -0.2) is 0 Å². The van der Waals surface area contributed by atoms with Gasteiger partial charge >= 0.3 is 138 Å². The van der Waals surface area contributed by atoms with E-state index < -0.39 is 38.0 Å². The van der Waals surface area contributed by atoms with Gasteiger partial charge in [0.1, 0.15) is 0 Å². The number of hydrogen-bond acceptors (Lipinski definition) is 6. The first-order valence-corrected chi connectivity index (χ1v) is 10.3. The minimum absolute atomic E-state index is 0.0185. The van der Waals surface area contributed by atoms with Gasteiger partial charge in [-0.3, -0.25) is 0 Å². The van der Waals surface area contributed by atoms with E-state index in [0.29, 0.717) is 5.56 Å². The van der Waals surface area contributed by atoms with Gasteiger partial charge in [0.25, 0.3) is 0 Å². The molecule has 126 valence electrons. The van der Waals surface area contributed by atoms with E-state index in [-0.39, 0.29) is 21.1 Å². The molecule has 8 nitrogen and oxygen atoms in total. The number of ether oxygens (including phenoxy) is 3. The van der Waals surface area contributed by atoms with Crippen LogP contribution in [0.15, 0.2) is 11.0 Å². The molecule has 0 amide bonds. The van der Waals surface area contributed by atoms with Crippen molar-refractivity contribution in [3.8, 4) is 6.07 Å². The standard InChI is InChI=1S/C13H16NO7PSe/c1-13(2)20-10-8(5-18-22(15,16)17)19-11(12(10)21-13)9-3-7(4-14)6-23-9/h3,6,8,10-12H,5H2,1-2H3,(H2,15,16,17)/t8-,10-,11+,12-/m1/s1. The number of nitriles is 1. The molecule has 4 atom stereocenters. The number of fused-ring (bicyclic) bond motifs is 1. The molecule has 2 N–H and O–H groups in total. The first kappa shape index (κ1) is 17.3. The summed E-state index contributed by atoms with van der Waals surface area (Å²) in [4.78, 5) is 19.6. The van der Waals surface area contributed by atoms with E-state index >= 15 is 0 Å². The summed E-state index contributed by atoms with van der Waals surface area (Å²) in [5.74, 6) is -0.810. The van der Waals surface area contributed by atoms with Gasteiger partial charge in [-0.05, 0) is 0 Å². The van der Waals surface area contributed by atoms with Crippen LogP contribution in [0.5, 0.6) is 0 Å². The van der Waals surface area contributed by atoms with Crippen LogP contribution in [0.2, 0.25) is 0 Å². The number of rotatable bonds is 4. The SMILES string of the molecule is CC1(C)O[C@@H]2[C@H](O1)[C@@H](COP(=O)(O)O)O[C@H]2c1cc(C#N)c[se]1. The van der Waals surface area contributed by atoms with Crippen LogP contribution in [0.4, 0.5) is 0 Å². The van der Waals surface area contributed by atoms with Crippen molar-refractivity contribution in [2.75, 3.05) is 6.61 Å². The molecule has 1 aromatic heterocycles. The molecule has 2 saturated heterocycles. The monoisotopic (exact) mass is 409 g/mol. The average Bonchev–Trinajstić information content (AvgIpc) is 3.08. The van der Waals surface area contributed by atoms with Crippen LogP contribution in [0.3, 0.4) is 0 Å². The summed E-state index contributed by atoms with van der Waals surface area (Å²) in [5, 5.41) is 8.97. The van der Waals surface area contributed by atoms with Gasteiger partial charge in [0, 0.05) is 0 Å². The van der Waals surface area contributed by atoms with E-state index in [9.17, 15) is 4.57 Å². The Morgan fingerprint density at radius 2 is 2.13 bits per heavy atom. The number of phosphoric ester groups is 1. The molecule has 3 rings (SSSR count). The zero-order chi connectivity index (χ0) is 16.8. The molecule has 1 aromatic rings. The number of phosphoric acid groups is 1. The van der Waals surface area contributed by atoms with Crippen molar-refractivity contribution in [3.63, 3.8) is 0 Å². The summed E-state index contributed by atoms with van der Waals surface area (Å²) >= 11 is -0.0185. The molecule has 0 saturated carbocycles. The van der Waals surface area contributed by atoms with Crippen LogP contribution in [0.25, 0.3) is 0 Å². The van der Waals surface area contributed by atoms with E-state index in [1.54, 1.807) is 19.9 Å². The van der Waals surface area contributed by atoms with Crippen molar-refractivity contribution in [1.82, 2.24) is 0 Å². The summed E-state index contributed by atoms with van der Waals surface area (Å²) in [5.41, 5.74) is 0.591. The topological polar surface area (TPSA) is 118 Å². The summed E-state index contributed by atoms with van der Waals surface area (Å²) in [6.07, 6.45) is -1.93. The van der Waals surface area contributed by atoms with Crippen LogP contribution < -0.4 is 0 Å². The van der Waals surface area contributed by atoms with Crippen molar-refractivity contribution in [3.05, 3.63) is 21.0 Å². The fraction of sp³-hybridized carbons (Fsp3) is 0.615. The molecular weight excluding hydrogens is 392 g/mol. The third-order valence-corrected chi connectivity index (χ3v) is 6.16. The van der Waals surface area contributed by atoms with Crippen molar-refractivity contribution in [1.29, 1.82) is 5.26 Å². The Bertz CT molecular complexity index is 678. The van der Waals surface area contributed by atoms with Gasteiger partial charge in [0.15, 0.2) is 0 Å². The molecule has 0 unspecified atom stereocenters. The fourth-order valence-corrected chi connectivity index (χ4v) is 5.01. The predicted molar refractivity (Wildman–Crippen MR) is 77.5 cm³/mol. The molecule has 0 aromatic carbocycles. The van der Waals surface area contributed by atoms with Gasteiger partial charge in [0.2, 0.25) is 0 Å². The van der Waals surface area contributed by atoms with Crippen LogP contribution in [-0.2, 0) is 23.3 Å². The minimum atomic E-state index is -4.59.